The molecule has 1 saturated carbocycles. The minimum absolute atomic E-state index is 0.0304. The summed E-state index contributed by atoms with van der Waals surface area (Å²) in [5, 5.41) is 12.0. The van der Waals surface area contributed by atoms with E-state index in [1.54, 1.807) is 36.5 Å². The maximum atomic E-state index is 12.9. The van der Waals surface area contributed by atoms with Gasteiger partial charge in [-0.3, -0.25) is 9.59 Å². The Morgan fingerprint density at radius 2 is 1.93 bits per heavy atom. The van der Waals surface area contributed by atoms with E-state index in [4.69, 9.17) is 5.26 Å². The van der Waals surface area contributed by atoms with Crippen LogP contribution in [-0.2, 0) is 4.79 Å². The first kappa shape index (κ1) is 18.9. The summed E-state index contributed by atoms with van der Waals surface area (Å²) in [4.78, 5) is 33.3. The highest BCUT2D eigenvalue weighted by Gasteiger charge is 2.39. The zero-order chi connectivity index (χ0) is 20.4. The lowest BCUT2D eigenvalue weighted by Crippen LogP contribution is -2.49. The first-order valence-corrected chi connectivity index (χ1v) is 9.86. The Morgan fingerprint density at radius 1 is 1.17 bits per heavy atom. The summed E-state index contributed by atoms with van der Waals surface area (Å²) in [6.07, 6.45) is 2.56. The van der Waals surface area contributed by atoms with Gasteiger partial charge in [0.1, 0.15) is 5.82 Å². The van der Waals surface area contributed by atoms with Crippen LogP contribution in [0.3, 0.4) is 0 Å². The SMILES string of the molecule is CC1CC1C(=O)Nc1cccc(C(=O)N2CCN(c3cc(C#N)ccn3)CC2)c1. The molecule has 1 saturated heterocycles. The van der Waals surface area contributed by atoms with Gasteiger partial charge in [0.05, 0.1) is 11.6 Å². The smallest absolute Gasteiger partial charge is 0.254 e. The van der Waals surface area contributed by atoms with Crippen LogP contribution >= 0.6 is 0 Å². The van der Waals surface area contributed by atoms with Gasteiger partial charge in [-0.15, -0.1) is 0 Å². The molecule has 1 aliphatic carbocycles. The molecule has 29 heavy (non-hydrogen) atoms. The number of nitrogens with zero attached hydrogens (tertiary/aromatic N) is 4. The van der Waals surface area contributed by atoms with E-state index in [-0.39, 0.29) is 17.7 Å². The highest BCUT2D eigenvalue weighted by molar-refractivity contribution is 5.98. The van der Waals surface area contributed by atoms with Crippen molar-refractivity contribution >= 4 is 23.3 Å². The zero-order valence-electron chi connectivity index (χ0n) is 16.3. The molecule has 1 aromatic carbocycles. The Morgan fingerprint density at radius 3 is 2.62 bits per heavy atom. The average molecular weight is 389 g/mol. The van der Waals surface area contributed by atoms with E-state index < -0.39 is 0 Å². The Kier molecular flexibility index (Phi) is 5.17. The second-order valence-corrected chi connectivity index (χ2v) is 7.68. The van der Waals surface area contributed by atoms with E-state index in [1.165, 1.54) is 0 Å². The van der Waals surface area contributed by atoms with E-state index in [0.29, 0.717) is 48.9 Å². The fourth-order valence-corrected chi connectivity index (χ4v) is 3.63. The molecule has 2 atom stereocenters. The molecule has 4 rings (SSSR count). The van der Waals surface area contributed by atoms with Gasteiger partial charge in [0.15, 0.2) is 0 Å². The maximum Gasteiger partial charge on any atom is 0.254 e. The molecular formula is C22H23N5O2. The van der Waals surface area contributed by atoms with Gasteiger partial charge in [0, 0.05) is 49.5 Å². The molecule has 7 heteroatoms. The molecule has 2 aromatic rings. The number of piperazine rings is 1. The summed E-state index contributed by atoms with van der Waals surface area (Å²) < 4.78 is 0. The van der Waals surface area contributed by atoms with Crippen molar-refractivity contribution in [1.29, 1.82) is 5.26 Å². The van der Waals surface area contributed by atoms with Crippen LogP contribution in [-0.4, -0.2) is 47.9 Å². The van der Waals surface area contributed by atoms with Crippen LogP contribution in [0.4, 0.5) is 11.5 Å². The molecule has 148 valence electrons. The van der Waals surface area contributed by atoms with Gasteiger partial charge >= 0.3 is 0 Å². The number of benzene rings is 1. The summed E-state index contributed by atoms with van der Waals surface area (Å²) >= 11 is 0. The van der Waals surface area contributed by atoms with E-state index in [9.17, 15) is 9.59 Å². The third-order valence-electron chi connectivity index (χ3n) is 5.59. The molecule has 7 nitrogen and oxygen atoms in total. The fourth-order valence-electron chi connectivity index (χ4n) is 3.63. The van der Waals surface area contributed by atoms with Crippen molar-refractivity contribution in [3.63, 3.8) is 0 Å². The number of anilines is 2. The molecule has 2 amide bonds. The zero-order valence-corrected chi connectivity index (χ0v) is 16.3. The quantitative estimate of drug-likeness (QED) is 0.868. The highest BCUT2D eigenvalue weighted by atomic mass is 16.2. The van der Waals surface area contributed by atoms with Crippen molar-refractivity contribution in [2.24, 2.45) is 11.8 Å². The normalized spacial score (nSPS) is 20.7. The van der Waals surface area contributed by atoms with Gasteiger partial charge in [0.25, 0.3) is 5.91 Å². The minimum Gasteiger partial charge on any atom is -0.353 e. The van der Waals surface area contributed by atoms with Crippen molar-refractivity contribution < 1.29 is 9.59 Å². The van der Waals surface area contributed by atoms with Crippen LogP contribution in [0.25, 0.3) is 0 Å². The van der Waals surface area contributed by atoms with Crippen molar-refractivity contribution in [1.82, 2.24) is 9.88 Å². The lowest BCUT2D eigenvalue weighted by molar-refractivity contribution is -0.117. The second-order valence-electron chi connectivity index (χ2n) is 7.68. The molecule has 0 radical (unpaired) electrons. The van der Waals surface area contributed by atoms with Crippen LogP contribution in [0.2, 0.25) is 0 Å². The monoisotopic (exact) mass is 389 g/mol. The predicted molar refractivity (Wildman–Crippen MR) is 109 cm³/mol. The van der Waals surface area contributed by atoms with Gasteiger partial charge in [-0.1, -0.05) is 13.0 Å². The van der Waals surface area contributed by atoms with E-state index in [2.05, 4.69) is 28.2 Å². The number of carbonyl (C=O) groups is 2. The Labute approximate surface area is 169 Å². The number of nitriles is 1. The first-order chi connectivity index (χ1) is 14.0. The molecule has 2 unspecified atom stereocenters. The fraction of sp³-hybridized carbons (Fsp3) is 0.364. The summed E-state index contributed by atoms with van der Waals surface area (Å²) in [5.74, 6) is 1.28. The van der Waals surface area contributed by atoms with Gasteiger partial charge in [-0.05, 0) is 42.7 Å². The van der Waals surface area contributed by atoms with Crippen molar-refractivity contribution in [3.05, 3.63) is 53.7 Å². The van der Waals surface area contributed by atoms with Crippen LogP contribution in [0.1, 0.15) is 29.3 Å². The number of carbonyl (C=O) groups excluding carboxylic acids is 2. The number of pyridine rings is 1. The van der Waals surface area contributed by atoms with Crippen LogP contribution in [0.15, 0.2) is 42.6 Å². The average Bonchev–Trinajstić information content (AvgIpc) is 3.50. The number of amides is 2. The molecule has 2 heterocycles. The summed E-state index contributed by atoms with van der Waals surface area (Å²) in [6, 6.07) is 12.7. The van der Waals surface area contributed by atoms with Crippen molar-refractivity contribution in [3.8, 4) is 6.07 Å². The van der Waals surface area contributed by atoms with Crippen molar-refractivity contribution in [2.75, 3.05) is 36.4 Å². The topological polar surface area (TPSA) is 89.3 Å². The molecule has 0 spiro atoms. The number of aromatic nitrogens is 1. The maximum absolute atomic E-state index is 12.9. The van der Waals surface area contributed by atoms with Gasteiger partial charge < -0.3 is 15.1 Å². The Bertz CT molecular complexity index is 975. The number of nitrogens with one attached hydrogen (secondary N) is 1. The molecule has 1 aliphatic heterocycles. The van der Waals surface area contributed by atoms with E-state index in [0.717, 1.165) is 12.2 Å². The molecular weight excluding hydrogens is 366 g/mol. The van der Waals surface area contributed by atoms with E-state index in [1.807, 2.05) is 11.0 Å². The van der Waals surface area contributed by atoms with Crippen LogP contribution in [0, 0.1) is 23.2 Å². The third-order valence-corrected chi connectivity index (χ3v) is 5.59. The van der Waals surface area contributed by atoms with Gasteiger partial charge in [-0.25, -0.2) is 4.98 Å². The van der Waals surface area contributed by atoms with Crippen molar-refractivity contribution in [2.45, 2.75) is 13.3 Å². The van der Waals surface area contributed by atoms with E-state index >= 15 is 0 Å². The lowest BCUT2D eigenvalue weighted by atomic mass is 10.1. The van der Waals surface area contributed by atoms with Gasteiger partial charge in [0.2, 0.25) is 5.91 Å². The second kappa shape index (κ2) is 7.92. The third kappa shape index (κ3) is 4.21. The molecule has 2 fully saturated rings. The molecule has 1 N–H and O–H groups in total. The lowest BCUT2D eigenvalue weighted by Gasteiger charge is -2.35. The predicted octanol–water partition coefficient (Wildman–Crippen LogP) is 2.51. The highest BCUT2D eigenvalue weighted by Crippen LogP contribution is 2.38. The Hall–Kier alpha value is -3.40. The summed E-state index contributed by atoms with van der Waals surface area (Å²) in [7, 11) is 0. The summed E-state index contributed by atoms with van der Waals surface area (Å²) in [6.45, 7) is 4.53. The van der Waals surface area contributed by atoms with Crippen LogP contribution in [0.5, 0.6) is 0 Å². The molecule has 0 bridgehead atoms. The minimum atomic E-state index is -0.0423. The number of hydrogen-bond donors (Lipinski definition) is 1. The first-order valence-electron chi connectivity index (χ1n) is 9.86. The van der Waals surface area contributed by atoms with Gasteiger partial charge in [-0.2, -0.15) is 5.26 Å². The summed E-state index contributed by atoms with van der Waals surface area (Å²) in [5.41, 5.74) is 1.81. The standard InChI is InChI=1S/C22H23N5O2/c1-15-11-19(15)21(28)25-18-4-2-3-17(13-18)22(29)27-9-7-26(8-10-27)20-12-16(14-23)5-6-24-20/h2-6,12-13,15,19H,7-11H2,1H3,(H,25,28). The van der Waals surface area contributed by atoms with Crippen LogP contribution < -0.4 is 10.2 Å². The molecule has 2 aliphatic rings. The number of hydrogen-bond acceptors (Lipinski definition) is 5. The number of rotatable bonds is 4. The Balaban J connectivity index is 1.37. The molecule has 1 aromatic heterocycles. The largest absolute Gasteiger partial charge is 0.353 e.